The van der Waals surface area contributed by atoms with Crippen LogP contribution in [-0.2, 0) is 17.5 Å². The molecule has 96 valence electrons. The van der Waals surface area contributed by atoms with Gasteiger partial charge < -0.3 is 15.2 Å². The second-order valence-electron chi connectivity index (χ2n) is 3.29. The lowest BCUT2D eigenvalue weighted by Crippen LogP contribution is -2.12. The van der Waals surface area contributed by atoms with Gasteiger partial charge >= 0.3 is 6.18 Å². The first kappa shape index (κ1) is 13.8. The predicted octanol–water partition coefficient (Wildman–Crippen LogP) is 2.54. The van der Waals surface area contributed by atoms with Gasteiger partial charge in [0.15, 0.2) is 6.79 Å². The number of nitrogens with two attached hydrogens (primary N) is 1. The summed E-state index contributed by atoms with van der Waals surface area (Å²) in [4.78, 5) is 0. The quantitative estimate of drug-likeness (QED) is 0.644. The van der Waals surface area contributed by atoms with Crippen LogP contribution in [-0.4, -0.2) is 13.4 Å². The highest BCUT2D eigenvalue weighted by molar-refractivity contribution is 5.39. The first-order valence-electron chi connectivity index (χ1n) is 5.09. The molecule has 0 unspecified atom stereocenters. The summed E-state index contributed by atoms with van der Waals surface area (Å²) in [5, 5.41) is 0. The van der Waals surface area contributed by atoms with Gasteiger partial charge in [0.25, 0.3) is 0 Å². The van der Waals surface area contributed by atoms with Crippen LogP contribution in [0.5, 0.6) is 5.75 Å². The second kappa shape index (κ2) is 5.88. The lowest BCUT2D eigenvalue weighted by atomic mass is 10.1. The fourth-order valence-electron chi connectivity index (χ4n) is 1.24. The molecule has 0 amide bonds. The van der Waals surface area contributed by atoms with Gasteiger partial charge in [-0.15, -0.1) is 0 Å². The van der Waals surface area contributed by atoms with E-state index in [0.29, 0.717) is 12.2 Å². The summed E-state index contributed by atoms with van der Waals surface area (Å²) in [7, 11) is 0. The van der Waals surface area contributed by atoms with Crippen LogP contribution in [0, 0.1) is 0 Å². The molecule has 2 N–H and O–H groups in total. The van der Waals surface area contributed by atoms with Crippen LogP contribution in [0.25, 0.3) is 0 Å². The molecule has 0 atom stereocenters. The van der Waals surface area contributed by atoms with Crippen LogP contribution in [0.2, 0.25) is 0 Å². The van der Waals surface area contributed by atoms with Crippen molar-refractivity contribution in [1.29, 1.82) is 0 Å². The Hall–Kier alpha value is -1.27. The Morgan fingerprint density at radius 2 is 2.00 bits per heavy atom. The fraction of sp³-hybridized carbons (Fsp3) is 0.455. The van der Waals surface area contributed by atoms with Crippen LogP contribution < -0.4 is 10.5 Å². The van der Waals surface area contributed by atoms with Gasteiger partial charge in [0, 0.05) is 13.2 Å². The average molecular weight is 249 g/mol. The van der Waals surface area contributed by atoms with E-state index in [-0.39, 0.29) is 19.1 Å². The van der Waals surface area contributed by atoms with Crippen LogP contribution in [0.15, 0.2) is 18.2 Å². The summed E-state index contributed by atoms with van der Waals surface area (Å²) >= 11 is 0. The van der Waals surface area contributed by atoms with Crippen molar-refractivity contribution in [1.82, 2.24) is 0 Å². The van der Waals surface area contributed by atoms with Crippen molar-refractivity contribution in [2.45, 2.75) is 19.6 Å². The number of halogens is 3. The average Bonchev–Trinajstić information content (AvgIpc) is 2.28. The maximum absolute atomic E-state index is 12.7. The van der Waals surface area contributed by atoms with E-state index in [1.165, 1.54) is 12.1 Å². The van der Waals surface area contributed by atoms with E-state index in [9.17, 15) is 13.2 Å². The molecular formula is C11H14F3NO2. The lowest BCUT2D eigenvalue weighted by Gasteiger charge is -2.14. The van der Waals surface area contributed by atoms with Gasteiger partial charge in [-0.05, 0) is 24.6 Å². The molecule has 0 aliphatic heterocycles. The smallest absolute Gasteiger partial charge is 0.419 e. The Morgan fingerprint density at radius 1 is 1.29 bits per heavy atom. The van der Waals surface area contributed by atoms with Gasteiger partial charge in [0.2, 0.25) is 0 Å². The zero-order valence-electron chi connectivity index (χ0n) is 9.38. The third-order valence-electron chi connectivity index (χ3n) is 2.09. The molecule has 0 aliphatic carbocycles. The van der Waals surface area contributed by atoms with Gasteiger partial charge in [0.1, 0.15) is 5.75 Å². The Bertz CT molecular complexity index is 366. The van der Waals surface area contributed by atoms with Gasteiger partial charge in [-0.2, -0.15) is 13.2 Å². The minimum Gasteiger partial charge on any atom is -0.467 e. The van der Waals surface area contributed by atoms with Crippen LogP contribution in [0.3, 0.4) is 0 Å². The van der Waals surface area contributed by atoms with Crippen LogP contribution in [0.1, 0.15) is 18.1 Å². The first-order chi connectivity index (χ1) is 7.99. The molecule has 0 spiro atoms. The zero-order chi connectivity index (χ0) is 12.9. The third kappa shape index (κ3) is 3.90. The molecule has 0 saturated carbocycles. The van der Waals surface area contributed by atoms with E-state index in [0.717, 1.165) is 6.07 Å². The number of benzene rings is 1. The normalized spacial score (nSPS) is 11.6. The molecule has 17 heavy (non-hydrogen) atoms. The van der Waals surface area contributed by atoms with Crippen molar-refractivity contribution in [3.63, 3.8) is 0 Å². The number of hydrogen-bond acceptors (Lipinski definition) is 3. The standard InChI is InChI=1S/C11H14F3NO2/c1-2-16-7-17-10-4-3-8(6-15)5-9(10)11(12,13)14/h3-5H,2,6-7,15H2,1H3. The van der Waals surface area contributed by atoms with E-state index in [1.54, 1.807) is 6.92 Å². The predicted molar refractivity (Wildman–Crippen MR) is 56.5 cm³/mol. The summed E-state index contributed by atoms with van der Waals surface area (Å²) in [5.41, 5.74) is 4.87. The molecule has 0 radical (unpaired) electrons. The van der Waals surface area contributed by atoms with Gasteiger partial charge in [-0.1, -0.05) is 6.07 Å². The largest absolute Gasteiger partial charge is 0.467 e. The second-order valence-corrected chi connectivity index (χ2v) is 3.29. The molecular weight excluding hydrogens is 235 g/mol. The van der Waals surface area contributed by atoms with Crippen LogP contribution >= 0.6 is 0 Å². The highest BCUT2D eigenvalue weighted by atomic mass is 19.4. The molecule has 1 aromatic carbocycles. The van der Waals surface area contributed by atoms with E-state index in [1.807, 2.05) is 0 Å². The Labute approximate surface area is 97.3 Å². The first-order valence-corrected chi connectivity index (χ1v) is 5.09. The Balaban J connectivity index is 2.95. The lowest BCUT2D eigenvalue weighted by molar-refractivity contribution is -0.139. The number of ether oxygens (including phenoxy) is 2. The van der Waals surface area contributed by atoms with Crippen molar-refractivity contribution in [2.75, 3.05) is 13.4 Å². The van der Waals surface area contributed by atoms with E-state index in [4.69, 9.17) is 15.2 Å². The van der Waals surface area contributed by atoms with Gasteiger partial charge in [-0.3, -0.25) is 0 Å². The van der Waals surface area contributed by atoms with Crippen molar-refractivity contribution >= 4 is 0 Å². The summed E-state index contributed by atoms with van der Waals surface area (Å²) < 4.78 is 47.9. The highest BCUT2D eigenvalue weighted by Gasteiger charge is 2.34. The molecule has 0 aliphatic rings. The number of hydrogen-bond donors (Lipinski definition) is 1. The zero-order valence-corrected chi connectivity index (χ0v) is 9.38. The van der Waals surface area contributed by atoms with Crippen molar-refractivity contribution in [2.24, 2.45) is 5.73 Å². The van der Waals surface area contributed by atoms with E-state index < -0.39 is 11.7 Å². The summed E-state index contributed by atoms with van der Waals surface area (Å²) in [6, 6.07) is 3.74. The molecule has 0 fully saturated rings. The maximum atomic E-state index is 12.7. The van der Waals surface area contributed by atoms with Gasteiger partial charge in [-0.25, -0.2) is 0 Å². The summed E-state index contributed by atoms with van der Waals surface area (Å²) in [6.07, 6.45) is -4.47. The number of rotatable bonds is 5. The molecule has 1 rings (SSSR count). The summed E-state index contributed by atoms with van der Waals surface area (Å²) in [5.74, 6) is -0.247. The Morgan fingerprint density at radius 3 is 2.53 bits per heavy atom. The van der Waals surface area contributed by atoms with Crippen molar-refractivity contribution in [3.05, 3.63) is 29.3 Å². The minimum absolute atomic E-state index is 0.0504. The van der Waals surface area contributed by atoms with Crippen molar-refractivity contribution < 1.29 is 22.6 Å². The molecule has 0 aromatic heterocycles. The van der Waals surface area contributed by atoms with Crippen molar-refractivity contribution in [3.8, 4) is 5.75 Å². The van der Waals surface area contributed by atoms with E-state index in [2.05, 4.69) is 0 Å². The van der Waals surface area contributed by atoms with Gasteiger partial charge in [0.05, 0.1) is 5.56 Å². The third-order valence-corrected chi connectivity index (χ3v) is 2.09. The van der Waals surface area contributed by atoms with E-state index >= 15 is 0 Å². The molecule has 1 aromatic rings. The SMILES string of the molecule is CCOCOc1ccc(CN)cc1C(F)(F)F. The Kier molecular flexibility index (Phi) is 4.77. The molecule has 0 saturated heterocycles. The van der Waals surface area contributed by atoms with Crippen LogP contribution in [0.4, 0.5) is 13.2 Å². The fourth-order valence-corrected chi connectivity index (χ4v) is 1.24. The molecule has 0 heterocycles. The summed E-state index contributed by atoms with van der Waals surface area (Å²) in [6.45, 7) is 1.95. The minimum atomic E-state index is -4.47. The molecule has 0 bridgehead atoms. The topological polar surface area (TPSA) is 44.5 Å². The maximum Gasteiger partial charge on any atom is 0.419 e. The molecule has 6 heteroatoms. The number of alkyl halides is 3. The monoisotopic (exact) mass is 249 g/mol. The molecule has 3 nitrogen and oxygen atoms in total. The highest BCUT2D eigenvalue weighted by Crippen LogP contribution is 2.36.